The average Bonchev–Trinajstić information content (AvgIpc) is 3.23. The zero-order valence-corrected chi connectivity index (χ0v) is 23.4. The fourth-order valence-electron chi connectivity index (χ4n) is 5.48. The summed E-state index contributed by atoms with van der Waals surface area (Å²) < 4.78 is 34.9. The second-order valence-electron chi connectivity index (χ2n) is 10.8. The molecule has 1 aromatic rings. The van der Waals surface area contributed by atoms with Gasteiger partial charge in [-0.15, -0.1) is 0 Å². The number of carbonyl (C=O) groups is 2. The van der Waals surface area contributed by atoms with Crippen molar-refractivity contribution in [3.8, 4) is 0 Å². The van der Waals surface area contributed by atoms with E-state index in [1.807, 2.05) is 75.4 Å². The van der Waals surface area contributed by atoms with Crippen LogP contribution in [0.3, 0.4) is 0 Å². The summed E-state index contributed by atoms with van der Waals surface area (Å²) >= 11 is 0. The van der Waals surface area contributed by atoms with E-state index in [1.165, 1.54) is 0 Å². The molecule has 0 bridgehead atoms. The van der Waals surface area contributed by atoms with Crippen LogP contribution in [0, 0.1) is 17.8 Å². The average molecular weight is 541 g/mol. The first-order valence-corrected chi connectivity index (χ1v) is 13.5. The number of hydrogen-bond acceptors (Lipinski definition) is 8. The number of allylic oxidation sites excluding steroid dienone is 2. The van der Waals surface area contributed by atoms with E-state index < -0.39 is 36.1 Å². The lowest BCUT2D eigenvalue weighted by Gasteiger charge is -2.35. The van der Waals surface area contributed by atoms with Crippen LogP contribution < -0.4 is 0 Å². The fourth-order valence-corrected chi connectivity index (χ4v) is 5.48. The van der Waals surface area contributed by atoms with Gasteiger partial charge >= 0.3 is 5.97 Å². The molecule has 1 fully saturated rings. The Morgan fingerprint density at radius 3 is 2.54 bits per heavy atom. The van der Waals surface area contributed by atoms with Gasteiger partial charge in [-0.1, -0.05) is 48.6 Å². The number of carbonyl (C=O) groups excluding carboxylic acids is 2. The molecule has 3 unspecified atom stereocenters. The second kappa shape index (κ2) is 13.0. The van der Waals surface area contributed by atoms with Crippen LogP contribution in [0.1, 0.15) is 39.2 Å². The highest BCUT2D eigenvalue weighted by molar-refractivity contribution is 5.94. The van der Waals surface area contributed by atoms with Gasteiger partial charge in [0.05, 0.1) is 31.0 Å². The van der Waals surface area contributed by atoms with Gasteiger partial charge in [0, 0.05) is 19.4 Å². The van der Waals surface area contributed by atoms with Crippen LogP contribution in [0.5, 0.6) is 0 Å². The van der Waals surface area contributed by atoms with E-state index in [-0.39, 0.29) is 30.4 Å². The monoisotopic (exact) mass is 540 g/mol. The maximum absolute atomic E-state index is 13.7. The molecule has 0 saturated carbocycles. The first-order chi connectivity index (χ1) is 18.7. The van der Waals surface area contributed by atoms with Crippen molar-refractivity contribution in [1.82, 2.24) is 0 Å². The van der Waals surface area contributed by atoms with Crippen LogP contribution in [-0.4, -0.2) is 63.0 Å². The lowest BCUT2D eigenvalue weighted by molar-refractivity contribution is -0.166. The van der Waals surface area contributed by atoms with E-state index in [0.29, 0.717) is 19.3 Å². The van der Waals surface area contributed by atoms with E-state index in [1.54, 1.807) is 20.3 Å². The number of esters is 1. The number of rotatable bonds is 6. The summed E-state index contributed by atoms with van der Waals surface area (Å²) in [6.07, 6.45) is 8.44. The molecule has 39 heavy (non-hydrogen) atoms. The Bertz CT molecular complexity index is 1080. The molecule has 4 rings (SSSR count). The highest BCUT2D eigenvalue weighted by Gasteiger charge is 2.45. The largest absolute Gasteiger partial charge is 0.501 e. The van der Waals surface area contributed by atoms with E-state index in [4.69, 9.17) is 28.4 Å². The van der Waals surface area contributed by atoms with Gasteiger partial charge < -0.3 is 28.4 Å². The van der Waals surface area contributed by atoms with Crippen LogP contribution in [0.25, 0.3) is 0 Å². The molecule has 0 N–H and O–H groups in total. The quantitative estimate of drug-likeness (QED) is 0.295. The molecule has 1 aliphatic carbocycles. The Labute approximate surface area is 230 Å². The molecule has 0 aromatic heterocycles. The zero-order chi connectivity index (χ0) is 28.0. The summed E-state index contributed by atoms with van der Waals surface area (Å²) in [6, 6.07) is 9.94. The highest BCUT2D eigenvalue weighted by Crippen LogP contribution is 2.36. The predicted molar refractivity (Wildman–Crippen MR) is 144 cm³/mol. The lowest BCUT2D eigenvalue weighted by atomic mass is 9.79. The minimum atomic E-state index is -0.880. The molecule has 8 heteroatoms. The fraction of sp³-hybridized carbons (Fsp3) is 0.548. The molecular weight excluding hydrogens is 500 g/mol. The number of cyclic esters (lactones) is 1. The third kappa shape index (κ3) is 7.45. The third-order valence-corrected chi connectivity index (χ3v) is 7.46. The highest BCUT2D eigenvalue weighted by atomic mass is 16.8. The topological polar surface area (TPSA) is 89.5 Å². The summed E-state index contributed by atoms with van der Waals surface area (Å²) in [4.78, 5) is 27.0. The van der Waals surface area contributed by atoms with Crippen LogP contribution in [-0.2, 0) is 44.4 Å². The molecule has 1 saturated heterocycles. The van der Waals surface area contributed by atoms with Crippen molar-refractivity contribution >= 4 is 11.8 Å². The number of fused-ring (bicyclic) bond motifs is 2. The van der Waals surface area contributed by atoms with Crippen molar-refractivity contribution in [3.63, 3.8) is 0 Å². The molecule has 8 nitrogen and oxygen atoms in total. The van der Waals surface area contributed by atoms with Gasteiger partial charge in [-0.25, -0.2) is 0 Å². The van der Waals surface area contributed by atoms with E-state index in [2.05, 4.69) is 0 Å². The zero-order valence-electron chi connectivity index (χ0n) is 23.4. The van der Waals surface area contributed by atoms with E-state index >= 15 is 0 Å². The molecule has 0 amide bonds. The predicted octanol–water partition coefficient (Wildman–Crippen LogP) is 4.54. The van der Waals surface area contributed by atoms with Crippen molar-refractivity contribution in [1.29, 1.82) is 0 Å². The van der Waals surface area contributed by atoms with E-state index in [0.717, 1.165) is 11.3 Å². The van der Waals surface area contributed by atoms with Gasteiger partial charge in [0.1, 0.15) is 19.0 Å². The molecule has 3 aliphatic rings. The summed E-state index contributed by atoms with van der Waals surface area (Å²) in [5, 5.41) is 0. The summed E-state index contributed by atoms with van der Waals surface area (Å²) in [7, 11) is 3.15. The third-order valence-electron chi connectivity index (χ3n) is 7.46. The first-order valence-electron chi connectivity index (χ1n) is 13.5. The lowest BCUT2D eigenvalue weighted by Crippen LogP contribution is -2.41. The molecule has 0 spiro atoms. The van der Waals surface area contributed by atoms with Gasteiger partial charge in [0.25, 0.3) is 0 Å². The Kier molecular flexibility index (Phi) is 9.77. The van der Waals surface area contributed by atoms with Crippen molar-refractivity contribution in [2.24, 2.45) is 17.8 Å². The summed E-state index contributed by atoms with van der Waals surface area (Å²) in [5.74, 6) is -1.77. The second-order valence-corrected chi connectivity index (χ2v) is 10.8. The Morgan fingerprint density at radius 1 is 1.05 bits per heavy atom. The van der Waals surface area contributed by atoms with Crippen LogP contribution in [0.4, 0.5) is 0 Å². The van der Waals surface area contributed by atoms with Gasteiger partial charge in [-0.2, -0.15) is 0 Å². The molecular formula is C31H40O8. The Morgan fingerprint density at radius 2 is 1.82 bits per heavy atom. The normalized spacial score (nSPS) is 34.6. The van der Waals surface area contributed by atoms with Crippen molar-refractivity contribution < 1.29 is 38.0 Å². The van der Waals surface area contributed by atoms with Crippen LogP contribution in [0.15, 0.2) is 66.5 Å². The standard InChI is InChI=1S/C31H40O8/c1-20-22(16-21-10-7-6-8-11-21)14-15-25(32)29-26(38-31(2,3)39-29)13-9-12-23-17-24(35-5)18-27(36-19-34-4)28(23)30(33)37-20/h6-12,14-15,18,20,22-23,26-29H,13,16-17,19H2,1-5H3/b12-9+,15-14-/t20-,22-,23?,26-,27?,28?,29+/m0/s1. The number of ether oxygens (including phenoxy) is 6. The minimum Gasteiger partial charge on any atom is -0.501 e. The Balaban J connectivity index is 1.70. The Hall–Kier alpha value is -2.78. The first kappa shape index (κ1) is 29.2. The van der Waals surface area contributed by atoms with Crippen molar-refractivity contribution in [2.45, 2.75) is 70.2 Å². The maximum atomic E-state index is 13.7. The van der Waals surface area contributed by atoms with Gasteiger partial charge in [-0.3, -0.25) is 9.59 Å². The van der Waals surface area contributed by atoms with Gasteiger partial charge in [-0.05, 0) is 57.2 Å². The molecule has 2 heterocycles. The SMILES string of the molecule is COCOC1C=C(OC)CC2/C=C/C[C@@H]3OC(C)(C)O[C@@H]3C(=O)/C=C\[C@@H](Cc3ccccc3)[C@H](C)OC(=O)C21. The minimum absolute atomic E-state index is 0.0272. The van der Waals surface area contributed by atoms with Crippen LogP contribution >= 0.6 is 0 Å². The van der Waals surface area contributed by atoms with Crippen molar-refractivity contribution in [3.05, 3.63) is 72.0 Å². The summed E-state index contributed by atoms with van der Waals surface area (Å²) in [5.41, 5.74) is 1.08. The number of methoxy groups -OCH3 is 2. The molecule has 0 radical (unpaired) electrons. The van der Waals surface area contributed by atoms with Crippen LogP contribution in [0.2, 0.25) is 0 Å². The van der Waals surface area contributed by atoms with E-state index in [9.17, 15) is 9.59 Å². The maximum Gasteiger partial charge on any atom is 0.312 e. The molecule has 2 aliphatic heterocycles. The van der Waals surface area contributed by atoms with Gasteiger partial charge in [0.15, 0.2) is 11.6 Å². The molecule has 7 atom stereocenters. The number of benzene rings is 1. The smallest absolute Gasteiger partial charge is 0.312 e. The molecule has 212 valence electrons. The summed E-state index contributed by atoms with van der Waals surface area (Å²) in [6.45, 7) is 5.51. The van der Waals surface area contributed by atoms with Crippen molar-refractivity contribution in [2.75, 3.05) is 21.0 Å². The number of ketones is 1. The molecule has 1 aromatic carbocycles. The number of hydrogen-bond donors (Lipinski definition) is 0. The van der Waals surface area contributed by atoms with Gasteiger partial charge in [0.2, 0.25) is 0 Å².